The normalized spacial score (nSPS) is 10.8. The van der Waals surface area contributed by atoms with E-state index < -0.39 is 16.0 Å². The first-order valence-electron chi connectivity index (χ1n) is 6.05. The summed E-state index contributed by atoms with van der Waals surface area (Å²) in [4.78, 5) is 22.0. The molecule has 110 valence electrons. The van der Waals surface area contributed by atoms with Crippen LogP contribution in [-0.2, 0) is 19.7 Å². The molecule has 2 aromatic carbocycles. The predicted molar refractivity (Wildman–Crippen MR) is 75.8 cm³/mol. The van der Waals surface area contributed by atoms with Gasteiger partial charge in [0.15, 0.2) is 0 Å². The molecule has 2 rings (SSSR count). The van der Waals surface area contributed by atoms with Gasteiger partial charge in [0, 0.05) is 5.69 Å². The minimum absolute atomic E-state index is 0. The van der Waals surface area contributed by atoms with Crippen LogP contribution in [0.4, 0.5) is 5.69 Å². The average Bonchev–Trinajstić information content (AvgIpc) is 2.35. The number of carbonyl (C=O) groups is 2. The Kier molecular flexibility index (Phi) is 6.27. The van der Waals surface area contributed by atoms with E-state index in [9.17, 15) is 22.6 Å². The average molecular weight is 329 g/mol. The van der Waals surface area contributed by atoms with Gasteiger partial charge in [0.2, 0.25) is 5.91 Å². The van der Waals surface area contributed by atoms with Crippen molar-refractivity contribution in [3.05, 3.63) is 36.4 Å². The second kappa shape index (κ2) is 7.34. The minimum atomic E-state index is -4.53. The smallest absolute Gasteiger partial charge is 0.744 e. The molecule has 22 heavy (non-hydrogen) atoms. The molecule has 0 spiro atoms. The van der Waals surface area contributed by atoms with Crippen LogP contribution in [0.5, 0.6) is 0 Å². The molecule has 8 heteroatoms. The number of amides is 1. The zero-order valence-electron chi connectivity index (χ0n) is 12.1. The fourth-order valence-corrected chi connectivity index (χ4v) is 2.40. The molecule has 0 aromatic heterocycles. The van der Waals surface area contributed by atoms with Crippen molar-refractivity contribution in [2.75, 3.05) is 5.32 Å². The van der Waals surface area contributed by atoms with E-state index in [-0.39, 0.29) is 46.7 Å². The van der Waals surface area contributed by atoms with Crippen LogP contribution >= 0.6 is 0 Å². The molecule has 2 aromatic rings. The predicted octanol–water partition coefficient (Wildman–Crippen LogP) is -1.33. The summed E-state index contributed by atoms with van der Waals surface area (Å²) in [7, 11) is -4.53. The Balaban J connectivity index is 0.00000242. The SMILES string of the molecule is CC(=O)CC(=O)Nc1ccc2ccc(S(=O)(=O)[O-])cc2c1.[Na+]. The van der Waals surface area contributed by atoms with Crippen LogP contribution in [0.1, 0.15) is 13.3 Å². The molecule has 6 nitrogen and oxygen atoms in total. The summed E-state index contributed by atoms with van der Waals surface area (Å²) in [5, 5.41) is 3.77. The van der Waals surface area contributed by atoms with Crippen molar-refractivity contribution in [3.8, 4) is 0 Å². The number of Topliss-reactive ketones (excluding diaryl/α,β-unsaturated/α-hetero) is 1. The van der Waals surface area contributed by atoms with E-state index in [1.54, 1.807) is 18.2 Å². The van der Waals surface area contributed by atoms with E-state index >= 15 is 0 Å². The summed E-state index contributed by atoms with van der Waals surface area (Å²) in [5.41, 5.74) is 0.425. The van der Waals surface area contributed by atoms with Gasteiger partial charge in [0.25, 0.3) is 0 Å². The molecule has 0 bridgehead atoms. The minimum Gasteiger partial charge on any atom is -0.744 e. The van der Waals surface area contributed by atoms with Gasteiger partial charge in [-0.25, -0.2) is 8.42 Å². The molecular weight excluding hydrogens is 317 g/mol. The van der Waals surface area contributed by atoms with Crippen molar-refractivity contribution in [2.24, 2.45) is 0 Å². The van der Waals surface area contributed by atoms with E-state index in [1.807, 2.05) is 0 Å². The summed E-state index contributed by atoms with van der Waals surface area (Å²) in [6.45, 7) is 1.31. The van der Waals surface area contributed by atoms with E-state index in [4.69, 9.17) is 0 Å². The Morgan fingerprint density at radius 2 is 1.73 bits per heavy atom. The number of benzene rings is 2. The second-order valence-corrected chi connectivity index (χ2v) is 5.98. The number of hydrogen-bond acceptors (Lipinski definition) is 5. The molecule has 0 atom stereocenters. The molecule has 0 unspecified atom stereocenters. The summed E-state index contributed by atoms with van der Waals surface area (Å²) < 4.78 is 33.0. The third-order valence-corrected chi connectivity index (χ3v) is 3.62. The Morgan fingerprint density at radius 1 is 1.09 bits per heavy atom. The molecule has 0 saturated carbocycles. The van der Waals surface area contributed by atoms with Gasteiger partial charge >= 0.3 is 29.6 Å². The van der Waals surface area contributed by atoms with Crippen molar-refractivity contribution >= 4 is 38.3 Å². The number of nitrogens with one attached hydrogen (secondary N) is 1. The number of hydrogen-bond donors (Lipinski definition) is 1. The maximum absolute atomic E-state index is 11.5. The maximum atomic E-state index is 11.5. The van der Waals surface area contributed by atoms with Crippen LogP contribution in [-0.4, -0.2) is 24.7 Å². The summed E-state index contributed by atoms with van der Waals surface area (Å²) >= 11 is 0. The molecule has 1 N–H and O–H groups in total. The zero-order valence-corrected chi connectivity index (χ0v) is 14.9. The zero-order chi connectivity index (χ0) is 15.6. The largest absolute Gasteiger partial charge is 1.00 e. The molecule has 0 aliphatic heterocycles. The van der Waals surface area contributed by atoms with Gasteiger partial charge in [-0.3, -0.25) is 9.59 Å². The van der Waals surface area contributed by atoms with Crippen LogP contribution in [0.25, 0.3) is 10.8 Å². The maximum Gasteiger partial charge on any atom is 1.00 e. The van der Waals surface area contributed by atoms with Gasteiger partial charge in [0.1, 0.15) is 15.9 Å². The first-order chi connectivity index (χ1) is 9.75. The first-order valence-corrected chi connectivity index (χ1v) is 7.45. The van der Waals surface area contributed by atoms with Crippen molar-refractivity contribution < 1.29 is 52.1 Å². The Labute approximate surface area is 149 Å². The molecule has 0 aliphatic carbocycles. The number of rotatable bonds is 4. The molecule has 1 amide bonds. The van der Waals surface area contributed by atoms with E-state index in [1.165, 1.54) is 25.1 Å². The van der Waals surface area contributed by atoms with Crippen molar-refractivity contribution in [1.82, 2.24) is 0 Å². The standard InChI is InChI=1S/C14H13NO5S.Na/c1-9(16)6-14(17)15-12-4-2-10-3-5-13(21(18,19)20)8-11(10)7-12;/h2-5,7-8H,6H2,1H3,(H,15,17)(H,18,19,20);/q;+1/p-1. The van der Waals surface area contributed by atoms with Gasteiger partial charge in [-0.2, -0.15) is 0 Å². The van der Waals surface area contributed by atoms with Gasteiger partial charge in [0.05, 0.1) is 11.3 Å². The third-order valence-electron chi connectivity index (χ3n) is 2.79. The number of ketones is 1. The van der Waals surface area contributed by atoms with Crippen molar-refractivity contribution in [3.63, 3.8) is 0 Å². The van der Waals surface area contributed by atoms with Crippen molar-refractivity contribution in [2.45, 2.75) is 18.2 Å². The monoisotopic (exact) mass is 329 g/mol. The molecule has 0 heterocycles. The summed E-state index contributed by atoms with van der Waals surface area (Å²) in [6, 6.07) is 8.85. The number of fused-ring (bicyclic) bond motifs is 1. The number of carbonyl (C=O) groups excluding carboxylic acids is 2. The fraction of sp³-hybridized carbons (Fsp3) is 0.143. The van der Waals surface area contributed by atoms with Crippen LogP contribution < -0.4 is 34.9 Å². The van der Waals surface area contributed by atoms with Crippen LogP contribution in [0, 0.1) is 0 Å². The molecular formula is C14H12NNaO5S. The molecule has 0 saturated heterocycles. The molecule has 0 aliphatic rings. The third kappa shape index (κ3) is 4.89. The van der Waals surface area contributed by atoms with E-state index in [0.717, 1.165) is 5.39 Å². The summed E-state index contributed by atoms with van der Waals surface area (Å²) in [6.07, 6.45) is -0.229. The number of anilines is 1. The van der Waals surface area contributed by atoms with E-state index in [2.05, 4.69) is 5.32 Å². The first kappa shape index (κ1) is 18.8. The topological polar surface area (TPSA) is 103 Å². The molecule has 0 radical (unpaired) electrons. The van der Waals surface area contributed by atoms with Crippen LogP contribution in [0.3, 0.4) is 0 Å². The second-order valence-electron chi connectivity index (χ2n) is 4.60. The quantitative estimate of drug-likeness (QED) is 0.425. The van der Waals surface area contributed by atoms with Crippen LogP contribution in [0.2, 0.25) is 0 Å². The van der Waals surface area contributed by atoms with Gasteiger partial charge < -0.3 is 9.87 Å². The Bertz CT molecular complexity index is 832. The Hall–Kier alpha value is -1.25. The summed E-state index contributed by atoms with van der Waals surface area (Å²) in [5.74, 6) is -0.706. The molecule has 0 fully saturated rings. The fourth-order valence-electron chi connectivity index (χ4n) is 1.89. The van der Waals surface area contributed by atoms with Gasteiger partial charge in [-0.15, -0.1) is 0 Å². The van der Waals surface area contributed by atoms with Gasteiger partial charge in [-0.1, -0.05) is 12.1 Å². The van der Waals surface area contributed by atoms with E-state index in [0.29, 0.717) is 11.1 Å². The van der Waals surface area contributed by atoms with Gasteiger partial charge in [-0.05, 0) is 42.0 Å². The van der Waals surface area contributed by atoms with Crippen LogP contribution in [0.15, 0.2) is 41.3 Å². The van der Waals surface area contributed by atoms with Crippen molar-refractivity contribution in [1.29, 1.82) is 0 Å². The Morgan fingerprint density at radius 3 is 2.32 bits per heavy atom.